The highest BCUT2D eigenvalue weighted by Crippen LogP contribution is 2.20. The predicted octanol–water partition coefficient (Wildman–Crippen LogP) is 0.794. The van der Waals surface area contributed by atoms with Crippen molar-refractivity contribution in [3.05, 3.63) is 23.8 Å². The van der Waals surface area contributed by atoms with Gasteiger partial charge in [0, 0.05) is 32.0 Å². The van der Waals surface area contributed by atoms with Crippen molar-refractivity contribution >= 4 is 11.4 Å². The summed E-state index contributed by atoms with van der Waals surface area (Å²) < 4.78 is 0. The molecule has 0 saturated carbocycles. The molecule has 0 radical (unpaired) electrons. The van der Waals surface area contributed by atoms with E-state index in [9.17, 15) is 0 Å². The molecule has 0 aliphatic rings. The summed E-state index contributed by atoms with van der Waals surface area (Å²) in [5, 5.41) is 0. The average molecular weight is 165 g/mol. The van der Waals surface area contributed by atoms with E-state index in [0.29, 0.717) is 6.54 Å². The summed E-state index contributed by atoms with van der Waals surface area (Å²) in [6.07, 6.45) is 0. The molecule has 0 saturated heterocycles. The van der Waals surface area contributed by atoms with Gasteiger partial charge in [0.25, 0.3) is 0 Å². The van der Waals surface area contributed by atoms with Crippen molar-refractivity contribution in [1.29, 1.82) is 0 Å². The van der Waals surface area contributed by atoms with Gasteiger partial charge in [0.1, 0.15) is 0 Å². The topological polar surface area (TPSA) is 55.3 Å². The molecule has 0 amide bonds. The summed E-state index contributed by atoms with van der Waals surface area (Å²) in [5.41, 5.74) is 14.2. The lowest BCUT2D eigenvalue weighted by molar-refractivity contribution is 1.03. The van der Waals surface area contributed by atoms with Crippen molar-refractivity contribution in [2.24, 2.45) is 5.73 Å². The van der Waals surface area contributed by atoms with Crippen LogP contribution in [0.25, 0.3) is 0 Å². The zero-order chi connectivity index (χ0) is 9.14. The second-order valence-corrected chi connectivity index (χ2v) is 2.99. The Morgan fingerprint density at radius 2 is 2.00 bits per heavy atom. The standard InChI is InChI=1S/C9H15N3/c1-12(2)9-5-8(11)4-3-7(9)6-10/h3-5H,6,10-11H2,1-2H3. The molecule has 3 nitrogen and oxygen atoms in total. The Labute approximate surface area is 73.0 Å². The van der Waals surface area contributed by atoms with E-state index in [1.807, 2.05) is 37.2 Å². The number of rotatable bonds is 2. The Morgan fingerprint density at radius 3 is 2.50 bits per heavy atom. The van der Waals surface area contributed by atoms with Gasteiger partial charge in [-0.3, -0.25) is 0 Å². The summed E-state index contributed by atoms with van der Waals surface area (Å²) >= 11 is 0. The van der Waals surface area contributed by atoms with E-state index in [4.69, 9.17) is 11.5 Å². The minimum absolute atomic E-state index is 0.549. The van der Waals surface area contributed by atoms with Gasteiger partial charge >= 0.3 is 0 Å². The third-order valence-electron chi connectivity index (χ3n) is 1.81. The minimum atomic E-state index is 0.549. The van der Waals surface area contributed by atoms with Crippen LogP contribution in [0.15, 0.2) is 18.2 Å². The fourth-order valence-corrected chi connectivity index (χ4v) is 1.17. The molecule has 1 rings (SSSR count). The Morgan fingerprint density at radius 1 is 1.33 bits per heavy atom. The van der Waals surface area contributed by atoms with Gasteiger partial charge in [-0.25, -0.2) is 0 Å². The molecular weight excluding hydrogens is 150 g/mol. The zero-order valence-corrected chi connectivity index (χ0v) is 7.54. The Balaban J connectivity index is 3.12. The number of hydrogen-bond donors (Lipinski definition) is 2. The fourth-order valence-electron chi connectivity index (χ4n) is 1.17. The summed E-state index contributed by atoms with van der Waals surface area (Å²) in [4.78, 5) is 2.01. The molecule has 1 aromatic carbocycles. The Hall–Kier alpha value is -1.22. The van der Waals surface area contributed by atoms with Crippen LogP contribution in [0.5, 0.6) is 0 Å². The number of nitrogens with zero attached hydrogens (tertiary/aromatic N) is 1. The molecule has 4 N–H and O–H groups in total. The Bertz CT molecular complexity index is 268. The first-order valence-electron chi connectivity index (χ1n) is 3.91. The zero-order valence-electron chi connectivity index (χ0n) is 7.54. The van der Waals surface area contributed by atoms with Crippen molar-refractivity contribution in [1.82, 2.24) is 0 Å². The van der Waals surface area contributed by atoms with Gasteiger partial charge in [-0.1, -0.05) is 6.07 Å². The van der Waals surface area contributed by atoms with Crippen LogP contribution in [-0.4, -0.2) is 14.1 Å². The van der Waals surface area contributed by atoms with Gasteiger partial charge < -0.3 is 16.4 Å². The fraction of sp³-hybridized carbons (Fsp3) is 0.333. The van der Waals surface area contributed by atoms with Crippen LogP contribution in [0, 0.1) is 0 Å². The van der Waals surface area contributed by atoms with Crippen LogP contribution >= 0.6 is 0 Å². The van der Waals surface area contributed by atoms with Crippen LogP contribution < -0.4 is 16.4 Å². The quantitative estimate of drug-likeness (QED) is 0.637. The molecule has 0 bridgehead atoms. The summed E-state index contributed by atoms with van der Waals surface area (Å²) in [5.74, 6) is 0. The van der Waals surface area contributed by atoms with Crippen molar-refractivity contribution in [3.63, 3.8) is 0 Å². The maximum absolute atomic E-state index is 5.65. The van der Waals surface area contributed by atoms with Crippen molar-refractivity contribution < 1.29 is 0 Å². The van der Waals surface area contributed by atoms with Crippen LogP contribution in [0.3, 0.4) is 0 Å². The van der Waals surface area contributed by atoms with E-state index in [2.05, 4.69) is 0 Å². The highest BCUT2D eigenvalue weighted by atomic mass is 15.1. The lowest BCUT2D eigenvalue weighted by Crippen LogP contribution is -2.13. The maximum Gasteiger partial charge on any atom is 0.0427 e. The molecule has 3 heteroatoms. The van der Waals surface area contributed by atoms with Gasteiger partial charge in [-0.05, 0) is 17.7 Å². The monoisotopic (exact) mass is 165 g/mol. The first-order valence-corrected chi connectivity index (χ1v) is 3.91. The molecule has 0 spiro atoms. The molecule has 0 aromatic heterocycles. The highest BCUT2D eigenvalue weighted by Gasteiger charge is 2.02. The minimum Gasteiger partial charge on any atom is -0.399 e. The highest BCUT2D eigenvalue weighted by molar-refractivity contribution is 5.60. The van der Waals surface area contributed by atoms with Gasteiger partial charge in [0.15, 0.2) is 0 Å². The van der Waals surface area contributed by atoms with Crippen LogP contribution in [0.1, 0.15) is 5.56 Å². The molecule has 66 valence electrons. The number of benzene rings is 1. The van der Waals surface area contributed by atoms with Gasteiger partial charge in [0.05, 0.1) is 0 Å². The second-order valence-electron chi connectivity index (χ2n) is 2.99. The second kappa shape index (κ2) is 3.45. The van der Waals surface area contributed by atoms with Crippen molar-refractivity contribution in [2.45, 2.75) is 6.54 Å². The molecule has 0 heterocycles. The van der Waals surface area contributed by atoms with Crippen molar-refractivity contribution in [2.75, 3.05) is 24.7 Å². The third-order valence-corrected chi connectivity index (χ3v) is 1.81. The summed E-state index contributed by atoms with van der Waals surface area (Å²) in [6.45, 7) is 0.549. The molecule has 1 aromatic rings. The molecule has 0 atom stereocenters. The van der Waals surface area contributed by atoms with Crippen LogP contribution in [-0.2, 0) is 6.54 Å². The number of nitrogen functional groups attached to an aromatic ring is 1. The van der Waals surface area contributed by atoms with Crippen LogP contribution in [0.2, 0.25) is 0 Å². The van der Waals surface area contributed by atoms with Crippen LogP contribution in [0.4, 0.5) is 11.4 Å². The molecule has 0 aliphatic carbocycles. The average Bonchev–Trinajstić information content (AvgIpc) is 2.04. The van der Waals surface area contributed by atoms with Gasteiger partial charge in [-0.2, -0.15) is 0 Å². The predicted molar refractivity (Wildman–Crippen MR) is 53.1 cm³/mol. The number of anilines is 2. The van der Waals surface area contributed by atoms with E-state index in [-0.39, 0.29) is 0 Å². The normalized spacial score (nSPS) is 9.92. The molecular formula is C9H15N3. The third kappa shape index (κ3) is 1.68. The molecule has 0 fully saturated rings. The lowest BCUT2D eigenvalue weighted by Gasteiger charge is -2.16. The molecule has 12 heavy (non-hydrogen) atoms. The van der Waals surface area contributed by atoms with E-state index in [0.717, 1.165) is 16.9 Å². The van der Waals surface area contributed by atoms with E-state index >= 15 is 0 Å². The SMILES string of the molecule is CN(C)c1cc(N)ccc1CN. The lowest BCUT2D eigenvalue weighted by atomic mass is 10.1. The summed E-state index contributed by atoms with van der Waals surface area (Å²) in [6, 6.07) is 5.77. The Kier molecular flexibility index (Phi) is 2.55. The smallest absolute Gasteiger partial charge is 0.0427 e. The van der Waals surface area contributed by atoms with Gasteiger partial charge in [0.2, 0.25) is 0 Å². The van der Waals surface area contributed by atoms with Gasteiger partial charge in [-0.15, -0.1) is 0 Å². The number of nitrogens with two attached hydrogens (primary N) is 2. The molecule has 0 unspecified atom stereocenters. The largest absolute Gasteiger partial charge is 0.399 e. The van der Waals surface area contributed by atoms with E-state index < -0.39 is 0 Å². The maximum atomic E-state index is 5.65. The van der Waals surface area contributed by atoms with E-state index in [1.54, 1.807) is 0 Å². The number of hydrogen-bond acceptors (Lipinski definition) is 3. The first kappa shape index (κ1) is 8.87. The first-order chi connectivity index (χ1) is 5.65. The molecule has 0 aliphatic heterocycles. The summed E-state index contributed by atoms with van der Waals surface area (Å²) in [7, 11) is 3.96. The van der Waals surface area contributed by atoms with E-state index in [1.165, 1.54) is 0 Å². The van der Waals surface area contributed by atoms with Crippen molar-refractivity contribution in [3.8, 4) is 0 Å².